The molecule has 0 unspecified atom stereocenters. The number of hydrogen-bond acceptors (Lipinski definition) is 7. The average Bonchev–Trinajstić information content (AvgIpc) is 2.61. The number of thiocarbonyl (C=S) groups is 1. The van der Waals surface area contributed by atoms with Gasteiger partial charge in [-0.3, -0.25) is 4.57 Å². The van der Waals surface area contributed by atoms with E-state index in [1.165, 1.54) is 0 Å². The first kappa shape index (κ1) is 22.0. The minimum Gasteiger partial charge on any atom is -0.462 e. The van der Waals surface area contributed by atoms with Crippen LogP contribution >= 0.6 is 19.8 Å². The number of hydrogen-bond donors (Lipinski definition) is 7. The molecule has 27 heavy (non-hydrogen) atoms. The first-order valence-corrected chi connectivity index (χ1v) is 10.3. The first-order chi connectivity index (χ1) is 12.6. The van der Waals surface area contributed by atoms with E-state index in [1.54, 1.807) is 31.3 Å². The van der Waals surface area contributed by atoms with Crippen molar-refractivity contribution in [2.24, 2.45) is 0 Å². The Morgan fingerprint density at radius 3 is 2.37 bits per heavy atom. The second-order valence-corrected chi connectivity index (χ2v) is 8.22. The summed E-state index contributed by atoms with van der Waals surface area (Å²) in [6.45, 7) is 0. The first-order valence-electron chi connectivity index (χ1n) is 8.10. The van der Waals surface area contributed by atoms with Gasteiger partial charge in [-0.25, -0.2) is 0 Å². The molecule has 1 heterocycles. The molecule has 1 aliphatic rings. The van der Waals surface area contributed by atoms with Crippen molar-refractivity contribution in [3.05, 3.63) is 24.3 Å². The Morgan fingerprint density at radius 1 is 1.19 bits per heavy atom. The van der Waals surface area contributed by atoms with Gasteiger partial charge in [0.25, 0.3) is 0 Å². The van der Waals surface area contributed by atoms with Crippen LogP contribution in [0.2, 0.25) is 0 Å². The van der Waals surface area contributed by atoms with Crippen molar-refractivity contribution in [2.75, 3.05) is 18.5 Å². The Morgan fingerprint density at radius 2 is 1.81 bits per heavy atom. The third-order valence-electron chi connectivity index (χ3n) is 3.96. The number of rotatable bonds is 6. The van der Waals surface area contributed by atoms with Crippen LogP contribution in [0.15, 0.2) is 24.3 Å². The van der Waals surface area contributed by atoms with Crippen molar-refractivity contribution in [3.8, 4) is 5.75 Å². The maximum atomic E-state index is 11.0. The monoisotopic (exact) mass is 422 g/mol. The van der Waals surface area contributed by atoms with Crippen LogP contribution in [-0.4, -0.2) is 74.1 Å². The van der Waals surface area contributed by atoms with Crippen LogP contribution in [0.4, 0.5) is 5.69 Å². The van der Waals surface area contributed by atoms with Crippen LogP contribution in [0, 0.1) is 0 Å². The summed E-state index contributed by atoms with van der Waals surface area (Å²) in [5.74, 6) is 0.317. The molecule has 7 N–H and O–H groups in total. The fraction of sp³-hybridized carbons (Fsp3) is 0.533. The number of aliphatic hydroxyl groups is 3. The van der Waals surface area contributed by atoms with E-state index >= 15 is 0 Å². The summed E-state index contributed by atoms with van der Waals surface area (Å²) >= 11 is 4.99. The highest BCUT2D eigenvalue weighted by molar-refractivity contribution is 7.80. The predicted octanol–water partition coefficient (Wildman–Crippen LogP) is -0.643. The summed E-state index contributed by atoms with van der Waals surface area (Å²) in [4.78, 5) is 17.9. The van der Waals surface area contributed by atoms with Gasteiger partial charge in [0, 0.05) is 12.7 Å². The van der Waals surface area contributed by atoms with Crippen LogP contribution < -0.4 is 15.4 Å². The van der Waals surface area contributed by atoms with Gasteiger partial charge >= 0.3 is 7.60 Å². The van der Waals surface area contributed by atoms with E-state index in [2.05, 4.69) is 10.6 Å². The molecule has 1 aromatic rings. The molecular weight excluding hydrogens is 399 g/mol. The number of anilines is 1. The second kappa shape index (κ2) is 9.26. The van der Waals surface area contributed by atoms with Crippen molar-refractivity contribution in [1.82, 2.24) is 5.32 Å². The van der Waals surface area contributed by atoms with Crippen molar-refractivity contribution in [1.29, 1.82) is 0 Å². The van der Waals surface area contributed by atoms with Crippen molar-refractivity contribution in [3.63, 3.8) is 0 Å². The zero-order chi connectivity index (χ0) is 20.2. The Labute approximate surface area is 161 Å². The van der Waals surface area contributed by atoms with Crippen LogP contribution in [0.3, 0.4) is 0 Å². The minimum atomic E-state index is -4.30. The van der Waals surface area contributed by atoms with E-state index in [9.17, 15) is 19.9 Å². The van der Waals surface area contributed by atoms with Gasteiger partial charge in [-0.05, 0) is 42.9 Å². The van der Waals surface area contributed by atoms with Gasteiger partial charge in [0.05, 0.1) is 12.3 Å². The quantitative estimate of drug-likeness (QED) is 0.231. The van der Waals surface area contributed by atoms with Crippen LogP contribution in [0.25, 0.3) is 0 Å². The van der Waals surface area contributed by atoms with Gasteiger partial charge in [-0.2, -0.15) is 0 Å². The van der Waals surface area contributed by atoms with E-state index in [-0.39, 0.29) is 6.42 Å². The molecule has 5 atom stereocenters. The fourth-order valence-electron chi connectivity index (χ4n) is 2.49. The highest BCUT2D eigenvalue weighted by atomic mass is 32.1. The topological polar surface area (TPSA) is 161 Å². The third kappa shape index (κ3) is 6.37. The Hall–Kier alpha value is -1.30. The summed E-state index contributed by atoms with van der Waals surface area (Å²) in [5, 5.41) is 36.1. The summed E-state index contributed by atoms with van der Waals surface area (Å²) < 4.78 is 22.0. The van der Waals surface area contributed by atoms with Crippen molar-refractivity contribution in [2.45, 2.75) is 37.1 Å². The lowest BCUT2D eigenvalue weighted by Crippen LogP contribution is -2.59. The maximum Gasteiger partial charge on any atom is 0.325 e. The zero-order valence-electron chi connectivity index (χ0n) is 14.4. The molecule has 0 aliphatic carbocycles. The fourth-order valence-corrected chi connectivity index (χ4v) is 3.20. The van der Waals surface area contributed by atoms with Crippen LogP contribution in [-0.2, 0) is 9.30 Å². The molecule has 10 nitrogen and oxygen atoms in total. The lowest BCUT2D eigenvalue weighted by molar-refractivity contribution is -0.272. The van der Waals surface area contributed by atoms with Gasteiger partial charge in [0.15, 0.2) is 5.11 Å². The molecule has 0 saturated carbocycles. The van der Waals surface area contributed by atoms with Gasteiger partial charge in [0.1, 0.15) is 24.1 Å². The normalized spacial score (nSPS) is 28.4. The molecule has 0 amide bonds. The highest BCUT2D eigenvalue weighted by Gasteiger charge is 2.45. The van der Waals surface area contributed by atoms with E-state index in [0.29, 0.717) is 16.5 Å². The van der Waals surface area contributed by atoms with E-state index in [1.807, 2.05) is 0 Å². The van der Waals surface area contributed by atoms with Crippen LogP contribution in [0.1, 0.15) is 6.42 Å². The molecule has 1 saturated heterocycles. The molecule has 0 radical (unpaired) electrons. The van der Waals surface area contributed by atoms with E-state index in [4.69, 9.17) is 31.5 Å². The highest BCUT2D eigenvalue weighted by Crippen LogP contribution is 2.37. The lowest BCUT2D eigenvalue weighted by atomic mass is 9.97. The summed E-state index contributed by atoms with van der Waals surface area (Å²) in [5.41, 5.74) is 0.696. The molecule has 2 rings (SSSR count). The van der Waals surface area contributed by atoms with E-state index < -0.39 is 44.5 Å². The molecule has 1 aromatic carbocycles. The Kier molecular flexibility index (Phi) is 7.55. The summed E-state index contributed by atoms with van der Waals surface area (Å²) in [6, 6.07) is 6.51. The zero-order valence-corrected chi connectivity index (χ0v) is 16.1. The van der Waals surface area contributed by atoms with E-state index in [0.717, 1.165) is 0 Å². The van der Waals surface area contributed by atoms with Gasteiger partial charge in [0.2, 0.25) is 6.29 Å². The largest absolute Gasteiger partial charge is 0.462 e. The predicted molar refractivity (Wildman–Crippen MR) is 101 cm³/mol. The molecule has 1 fully saturated rings. The van der Waals surface area contributed by atoms with Crippen molar-refractivity contribution >= 4 is 30.6 Å². The summed E-state index contributed by atoms with van der Waals surface area (Å²) in [6.07, 6.45) is -7.78. The van der Waals surface area contributed by atoms with Crippen molar-refractivity contribution < 1.29 is 39.1 Å². The van der Waals surface area contributed by atoms with Crippen LogP contribution in [0.5, 0.6) is 5.75 Å². The maximum absolute atomic E-state index is 11.0. The molecular formula is C15H23N2O8PS. The molecule has 1 aliphatic heterocycles. The SMILES string of the molecule is CNC(=S)Nc1ccc(O[C@@H]2O[C@H](CCP(=O)(O)O)[C@@H](O)[C@H](O)[C@@H]2O)cc1. The number of ether oxygens (including phenoxy) is 2. The number of aliphatic hydroxyl groups excluding tert-OH is 3. The van der Waals surface area contributed by atoms with Gasteiger partial charge in [-0.15, -0.1) is 0 Å². The smallest absolute Gasteiger partial charge is 0.325 e. The van der Waals surface area contributed by atoms with Gasteiger partial charge < -0.3 is 45.2 Å². The molecule has 0 spiro atoms. The number of benzene rings is 1. The Bertz CT molecular complexity index is 685. The third-order valence-corrected chi connectivity index (χ3v) is 5.11. The Balaban J connectivity index is 2.03. The molecule has 0 bridgehead atoms. The molecule has 12 heteroatoms. The second-order valence-electron chi connectivity index (χ2n) is 6.04. The standard InChI is InChI=1S/C15H23N2O8PS/c1-16-15(27)17-8-2-4-9(5-3-8)24-14-13(20)12(19)11(18)10(25-14)6-7-26(21,22)23/h2-5,10-14,18-20H,6-7H2,1H3,(H2,16,17,27)(H2,21,22,23)/t10-,11-,12+,13+,14-/m1/s1. The average molecular weight is 422 g/mol. The molecule has 0 aromatic heterocycles. The van der Waals surface area contributed by atoms with Gasteiger partial charge in [-0.1, -0.05) is 0 Å². The molecule has 152 valence electrons. The lowest BCUT2D eigenvalue weighted by Gasteiger charge is -2.40. The summed E-state index contributed by atoms with van der Waals surface area (Å²) in [7, 11) is -2.62. The minimum absolute atomic E-state index is 0.209. The number of nitrogens with one attached hydrogen (secondary N) is 2.